The number of alkyl halides is 3. The molecule has 0 radical (unpaired) electrons. The van der Waals surface area contributed by atoms with E-state index in [0.29, 0.717) is 6.07 Å². The Labute approximate surface area is 152 Å². The van der Waals surface area contributed by atoms with Gasteiger partial charge < -0.3 is 20.5 Å². The number of carbonyl (C=O) groups excluding carboxylic acids is 2. The summed E-state index contributed by atoms with van der Waals surface area (Å²) in [5.74, 6) is -2.55. The fourth-order valence-electron chi connectivity index (χ4n) is 2.78. The number of carboxylic acids is 1. The first-order valence-corrected chi connectivity index (χ1v) is 8.13. The molecule has 1 aromatic carbocycles. The largest absolute Gasteiger partial charge is 0.481 e. The quantitative estimate of drug-likeness (QED) is 0.718. The lowest BCUT2D eigenvalue weighted by molar-refractivity contribution is -0.154. The molecule has 1 heterocycles. The first kappa shape index (κ1) is 20.7. The topological polar surface area (TPSA) is 105 Å². The lowest BCUT2D eigenvalue weighted by Gasteiger charge is -2.33. The van der Waals surface area contributed by atoms with E-state index in [-0.39, 0.29) is 43.9 Å². The Hall–Kier alpha value is -2.62. The number of aliphatic carboxylic acids is 1. The molecule has 1 fully saturated rings. The molecule has 0 aromatic heterocycles. The molecule has 0 saturated carbocycles. The molecule has 2 rings (SSSR count). The van der Waals surface area contributed by atoms with Gasteiger partial charge in [-0.1, -0.05) is 0 Å². The van der Waals surface area contributed by atoms with Crippen LogP contribution >= 0.6 is 0 Å². The first-order valence-electron chi connectivity index (χ1n) is 8.13. The van der Waals surface area contributed by atoms with Gasteiger partial charge in [0.25, 0.3) is 5.91 Å². The summed E-state index contributed by atoms with van der Waals surface area (Å²) in [6.45, 7) is 1.33. The van der Waals surface area contributed by atoms with Gasteiger partial charge in [0, 0.05) is 37.9 Å². The van der Waals surface area contributed by atoms with Crippen LogP contribution in [-0.4, -0.2) is 42.6 Å². The predicted octanol–water partition coefficient (Wildman–Crippen LogP) is 2.28. The summed E-state index contributed by atoms with van der Waals surface area (Å²) in [6, 6.07) is 2.47. The molecule has 1 saturated heterocycles. The molecule has 3 N–H and O–H groups in total. The van der Waals surface area contributed by atoms with Gasteiger partial charge in [0.1, 0.15) is 0 Å². The van der Waals surface area contributed by atoms with E-state index < -0.39 is 34.9 Å². The summed E-state index contributed by atoms with van der Waals surface area (Å²) in [6.07, 6.45) is -4.35. The van der Waals surface area contributed by atoms with Crippen molar-refractivity contribution in [2.24, 2.45) is 5.41 Å². The molecule has 0 atom stereocenters. The molecule has 7 nitrogen and oxygen atoms in total. The van der Waals surface area contributed by atoms with Crippen LogP contribution in [0.5, 0.6) is 0 Å². The highest BCUT2D eigenvalue weighted by molar-refractivity contribution is 5.97. The van der Waals surface area contributed by atoms with E-state index in [4.69, 9.17) is 4.74 Å². The van der Waals surface area contributed by atoms with E-state index in [1.54, 1.807) is 0 Å². The Balaban J connectivity index is 2.23. The van der Waals surface area contributed by atoms with E-state index >= 15 is 0 Å². The molecule has 10 heteroatoms. The van der Waals surface area contributed by atoms with Crippen molar-refractivity contribution in [3.8, 4) is 0 Å². The van der Waals surface area contributed by atoms with E-state index in [1.165, 1.54) is 0 Å². The van der Waals surface area contributed by atoms with E-state index in [9.17, 15) is 32.7 Å². The van der Waals surface area contributed by atoms with Crippen molar-refractivity contribution in [3.63, 3.8) is 0 Å². The van der Waals surface area contributed by atoms with Crippen molar-refractivity contribution in [2.45, 2.75) is 25.9 Å². The summed E-state index contributed by atoms with van der Waals surface area (Å²) in [5.41, 5.74) is -2.84. The molecule has 0 unspecified atom stereocenters. The van der Waals surface area contributed by atoms with Gasteiger partial charge in [-0.3, -0.25) is 14.4 Å². The maximum Gasteiger partial charge on any atom is 0.416 e. The minimum absolute atomic E-state index is 0.179. The molecule has 1 aliphatic heterocycles. The second-order valence-corrected chi connectivity index (χ2v) is 6.36. The van der Waals surface area contributed by atoms with Crippen molar-refractivity contribution in [1.82, 2.24) is 5.32 Å². The fourth-order valence-corrected chi connectivity index (χ4v) is 2.78. The van der Waals surface area contributed by atoms with Gasteiger partial charge in [0.05, 0.1) is 11.0 Å². The monoisotopic (exact) mass is 388 g/mol. The van der Waals surface area contributed by atoms with Crippen LogP contribution < -0.4 is 10.6 Å². The van der Waals surface area contributed by atoms with Crippen molar-refractivity contribution in [2.75, 3.05) is 25.1 Å². The van der Waals surface area contributed by atoms with Gasteiger partial charge in [-0.2, -0.15) is 13.2 Å². The normalized spacial score (nSPS) is 16.4. The van der Waals surface area contributed by atoms with Gasteiger partial charge in [-0.05, 0) is 31.0 Å². The lowest BCUT2D eigenvalue weighted by Crippen LogP contribution is -2.46. The van der Waals surface area contributed by atoms with Gasteiger partial charge in [-0.25, -0.2) is 0 Å². The second-order valence-electron chi connectivity index (χ2n) is 6.36. The van der Waals surface area contributed by atoms with Crippen LogP contribution in [0.25, 0.3) is 0 Å². The molecular formula is C17H19F3N2O5. The highest BCUT2D eigenvalue weighted by atomic mass is 19.4. The number of carboxylic acid groups (broad SMARTS) is 1. The summed E-state index contributed by atoms with van der Waals surface area (Å²) >= 11 is 0. The average molecular weight is 388 g/mol. The Morgan fingerprint density at radius 2 is 1.81 bits per heavy atom. The summed E-state index contributed by atoms with van der Waals surface area (Å²) in [4.78, 5) is 35.1. The molecule has 0 spiro atoms. The van der Waals surface area contributed by atoms with E-state index in [2.05, 4.69) is 10.6 Å². The summed E-state index contributed by atoms with van der Waals surface area (Å²) in [7, 11) is 0. The van der Waals surface area contributed by atoms with Crippen molar-refractivity contribution in [1.29, 1.82) is 0 Å². The number of anilines is 1. The van der Waals surface area contributed by atoms with Crippen molar-refractivity contribution < 1.29 is 37.4 Å². The smallest absolute Gasteiger partial charge is 0.416 e. The maximum atomic E-state index is 13.1. The molecular weight excluding hydrogens is 369 g/mol. The third-order valence-electron chi connectivity index (χ3n) is 4.33. The number of hydrogen-bond acceptors (Lipinski definition) is 4. The van der Waals surface area contributed by atoms with Crippen LogP contribution in [0.4, 0.5) is 18.9 Å². The molecule has 0 aliphatic carbocycles. The number of amides is 2. The van der Waals surface area contributed by atoms with Crippen LogP contribution in [0.15, 0.2) is 18.2 Å². The highest BCUT2D eigenvalue weighted by Crippen LogP contribution is 2.33. The standard InChI is InChI=1S/C17H19F3N2O5/c1-10(23)22-13-7-11(6-12(8-13)17(18,19)20)14(24)21-9-16(15(25)26)2-4-27-5-3-16/h6-8H,2-5,9H2,1H3,(H,21,24)(H,22,23)(H,25,26). The van der Waals surface area contributed by atoms with Gasteiger partial charge in [-0.15, -0.1) is 0 Å². The molecule has 27 heavy (non-hydrogen) atoms. The lowest BCUT2D eigenvalue weighted by atomic mass is 9.80. The molecule has 2 amide bonds. The average Bonchev–Trinajstić information content (AvgIpc) is 2.58. The number of nitrogens with one attached hydrogen (secondary N) is 2. The number of halogens is 3. The minimum Gasteiger partial charge on any atom is -0.481 e. The van der Waals surface area contributed by atoms with Gasteiger partial charge >= 0.3 is 12.1 Å². The summed E-state index contributed by atoms with van der Waals surface area (Å²) in [5, 5.41) is 14.1. The van der Waals surface area contributed by atoms with Crippen LogP contribution in [0.3, 0.4) is 0 Å². The van der Waals surface area contributed by atoms with Crippen LogP contribution in [0.1, 0.15) is 35.7 Å². The van der Waals surface area contributed by atoms with Crippen LogP contribution in [0, 0.1) is 5.41 Å². The third-order valence-corrected chi connectivity index (χ3v) is 4.33. The maximum absolute atomic E-state index is 13.1. The molecule has 1 aromatic rings. The molecule has 1 aliphatic rings. The number of hydrogen-bond donors (Lipinski definition) is 3. The van der Waals surface area contributed by atoms with Gasteiger partial charge in [0.2, 0.25) is 5.91 Å². The Morgan fingerprint density at radius 3 is 2.33 bits per heavy atom. The second kappa shape index (κ2) is 7.95. The van der Waals surface area contributed by atoms with E-state index in [1.807, 2.05) is 0 Å². The minimum atomic E-state index is -4.72. The van der Waals surface area contributed by atoms with Gasteiger partial charge in [0.15, 0.2) is 0 Å². The van der Waals surface area contributed by atoms with Crippen molar-refractivity contribution >= 4 is 23.5 Å². The number of benzene rings is 1. The number of carbonyl (C=O) groups is 3. The zero-order valence-electron chi connectivity index (χ0n) is 14.5. The number of rotatable bonds is 5. The highest BCUT2D eigenvalue weighted by Gasteiger charge is 2.40. The molecule has 148 valence electrons. The zero-order valence-corrected chi connectivity index (χ0v) is 14.5. The SMILES string of the molecule is CC(=O)Nc1cc(C(=O)NCC2(C(=O)O)CCOCC2)cc(C(F)(F)F)c1. The Kier molecular flexibility index (Phi) is 6.09. The Morgan fingerprint density at radius 1 is 1.19 bits per heavy atom. The first-order chi connectivity index (χ1) is 12.5. The van der Waals surface area contributed by atoms with Crippen molar-refractivity contribution in [3.05, 3.63) is 29.3 Å². The van der Waals surface area contributed by atoms with Crippen LogP contribution in [0.2, 0.25) is 0 Å². The number of ether oxygens (including phenoxy) is 1. The summed E-state index contributed by atoms with van der Waals surface area (Å²) < 4.78 is 44.3. The predicted molar refractivity (Wildman–Crippen MR) is 88.2 cm³/mol. The van der Waals surface area contributed by atoms with E-state index in [0.717, 1.165) is 19.1 Å². The third kappa shape index (κ3) is 5.19. The zero-order chi connectivity index (χ0) is 20.2. The fraction of sp³-hybridized carbons (Fsp3) is 0.471. The Bertz CT molecular complexity index is 743. The van der Waals surface area contributed by atoms with Crippen LogP contribution in [-0.2, 0) is 20.5 Å². The molecule has 0 bridgehead atoms.